The summed E-state index contributed by atoms with van der Waals surface area (Å²) in [6.07, 6.45) is 0.995. The van der Waals surface area contributed by atoms with Crippen LogP contribution in [0.5, 0.6) is 0 Å². The number of hydrogen-bond donors (Lipinski definition) is 1. The van der Waals surface area contributed by atoms with Crippen LogP contribution < -0.4 is 5.32 Å². The third-order valence-corrected chi connectivity index (χ3v) is 5.15. The zero-order chi connectivity index (χ0) is 13.8. The van der Waals surface area contributed by atoms with E-state index >= 15 is 0 Å². The first-order chi connectivity index (χ1) is 9.17. The molecule has 19 heavy (non-hydrogen) atoms. The first kappa shape index (κ1) is 14.9. The fourth-order valence-corrected chi connectivity index (χ4v) is 3.48. The Balaban J connectivity index is 2.32. The normalized spacial score (nSPS) is 12.6. The lowest BCUT2D eigenvalue weighted by Gasteiger charge is -2.11. The molecule has 1 N–H and O–H groups in total. The van der Waals surface area contributed by atoms with Crippen LogP contribution in [0.15, 0.2) is 22.7 Å². The minimum Gasteiger partial charge on any atom is -0.308 e. The minimum atomic E-state index is 0.266. The molecule has 0 aliphatic heterocycles. The standard InChI is InChI=1S/C13H15BrClN3S/c1-3-10(16-4-2)13-18-17-12(19-13)8-6-5-7-9(14)11(8)15/h5-7,10,16H,3-4H2,1-2H3. The Morgan fingerprint density at radius 2 is 2.16 bits per heavy atom. The molecule has 1 atom stereocenters. The van der Waals surface area contributed by atoms with E-state index in [9.17, 15) is 0 Å². The van der Waals surface area contributed by atoms with Crippen molar-refractivity contribution in [3.63, 3.8) is 0 Å². The van der Waals surface area contributed by atoms with E-state index in [0.717, 1.165) is 33.0 Å². The van der Waals surface area contributed by atoms with E-state index in [-0.39, 0.29) is 6.04 Å². The molecule has 1 heterocycles. The molecule has 1 aromatic carbocycles. The second-order valence-corrected chi connectivity index (χ2v) is 6.31. The van der Waals surface area contributed by atoms with Gasteiger partial charge in [-0.05, 0) is 35.0 Å². The van der Waals surface area contributed by atoms with E-state index in [1.54, 1.807) is 11.3 Å². The first-order valence-corrected chi connectivity index (χ1v) is 8.17. The highest BCUT2D eigenvalue weighted by Crippen LogP contribution is 2.36. The van der Waals surface area contributed by atoms with Gasteiger partial charge in [0.05, 0.1) is 11.1 Å². The molecule has 0 bridgehead atoms. The molecule has 1 aromatic heterocycles. The predicted molar refractivity (Wildman–Crippen MR) is 84.8 cm³/mol. The van der Waals surface area contributed by atoms with Gasteiger partial charge in [0, 0.05) is 10.0 Å². The molecule has 0 saturated heterocycles. The van der Waals surface area contributed by atoms with Crippen molar-refractivity contribution in [1.29, 1.82) is 0 Å². The van der Waals surface area contributed by atoms with Crippen LogP contribution in [-0.4, -0.2) is 16.7 Å². The Morgan fingerprint density at radius 3 is 2.84 bits per heavy atom. The summed E-state index contributed by atoms with van der Waals surface area (Å²) in [5.41, 5.74) is 0.922. The van der Waals surface area contributed by atoms with E-state index < -0.39 is 0 Å². The van der Waals surface area contributed by atoms with Crippen molar-refractivity contribution in [2.75, 3.05) is 6.54 Å². The van der Waals surface area contributed by atoms with Gasteiger partial charge in [-0.15, -0.1) is 10.2 Å². The highest BCUT2D eigenvalue weighted by molar-refractivity contribution is 9.10. The number of nitrogens with zero attached hydrogens (tertiary/aromatic N) is 2. The number of rotatable bonds is 5. The summed E-state index contributed by atoms with van der Waals surface area (Å²) in [6, 6.07) is 6.10. The minimum absolute atomic E-state index is 0.266. The predicted octanol–water partition coefficient (Wildman–Crippen LogP) is 4.68. The molecule has 1 unspecified atom stereocenters. The summed E-state index contributed by atoms with van der Waals surface area (Å²) < 4.78 is 0.877. The topological polar surface area (TPSA) is 37.8 Å². The molecule has 0 radical (unpaired) electrons. The Labute approximate surface area is 130 Å². The lowest BCUT2D eigenvalue weighted by molar-refractivity contribution is 0.531. The van der Waals surface area contributed by atoms with Gasteiger partial charge < -0.3 is 5.32 Å². The average Bonchev–Trinajstić information content (AvgIpc) is 2.88. The maximum absolute atomic E-state index is 6.29. The molecule has 0 amide bonds. The molecular formula is C13H15BrClN3S. The van der Waals surface area contributed by atoms with Crippen LogP contribution >= 0.6 is 38.9 Å². The summed E-state index contributed by atoms with van der Waals surface area (Å²) in [6.45, 7) is 5.15. The summed E-state index contributed by atoms with van der Waals surface area (Å²) in [5, 5.41) is 14.5. The van der Waals surface area contributed by atoms with Crippen molar-refractivity contribution in [3.8, 4) is 10.6 Å². The van der Waals surface area contributed by atoms with Crippen molar-refractivity contribution in [1.82, 2.24) is 15.5 Å². The molecule has 0 aliphatic rings. The van der Waals surface area contributed by atoms with Gasteiger partial charge in [-0.25, -0.2) is 0 Å². The smallest absolute Gasteiger partial charge is 0.149 e. The van der Waals surface area contributed by atoms with Crippen molar-refractivity contribution in [2.24, 2.45) is 0 Å². The van der Waals surface area contributed by atoms with Gasteiger partial charge in [-0.1, -0.05) is 48.9 Å². The second-order valence-electron chi connectivity index (χ2n) is 4.07. The number of hydrogen-bond acceptors (Lipinski definition) is 4. The third-order valence-electron chi connectivity index (χ3n) is 2.78. The van der Waals surface area contributed by atoms with Crippen LogP contribution in [0.1, 0.15) is 31.3 Å². The van der Waals surface area contributed by atoms with E-state index in [2.05, 4.69) is 45.3 Å². The zero-order valence-corrected chi connectivity index (χ0v) is 13.9. The second kappa shape index (κ2) is 6.79. The molecule has 3 nitrogen and oxygen atoms in total. The number of halogens is 2. The van der Waals surface area contributed by atoms with Gasteiger partial charge in [0.1, 0.15) is 10.0 Å². The highest BCUT2D eigenvalue weighted by Gasteiger charge is 2.16. The highest BCUT2D eigenvalue weighted by atomic mass is 79.9. The largest absolute Gasteiger partial charge is 0.308 e. The molecule has 0 spiro atoms. The summed E-state index contributed by atoms with van der Waals surface area (Å²) in [5.74, 6) is 0. The van der Waals surface area contributed by atoms with Crippen molar-refractivity contribution < 1.29 is 0 Å². The van der Waals surface area contributed by atoms with Gasteiger partial charge in [0.25, 0.3) is 0 Å². The first-order valence-electron chi connectivity index (χ1n) is 6.18. The summed E-state index contributed by atoms with van der Waals surface area (Å²) >= 11 is 11.3. The maximum atomic E-state index is 6.29. The Bertz CT molecular complexity index is 559. The van der Waals surface area contributed by atoms with Gasteiger partial charge in [0.2, 0.25) is 0 Å². The molecule has 2 rings (SSSR count). The van der Waals surface area contributed by atoms with Gasteiger partial charge in [-0.3, -0.25) is 0 Å². The van der Waals surface area contributed by atoms with E-state index in [0.29, 0.717) is 5.02 Å². The number of aromatic nitrogens is 2. The third kappa shape index (κ3) is 3.34. The summed E-state index contributed by atoms with van der Waals surface area (Å²) in [7, 11) is 0. The molecule has 6 heteroatoms. The van der Waals surface area contributed by atoms with Gasteiger partial charge in [-0.2, -0.15) is 0 Å². The molecule has 2 aromatic rings. The molecule has 102 valence electrons. The molecule has 0 saturated carbocycles. The van der Waals surface area contributed by atoms with Gasteiger partial charge in [0.15, 0.2) is 0 Å². The fraction of sp³-hybridized carbons (Fsp3) is 0.385. The average molecular weight is 361 g/mol. The summed E-state index contributed by atoms with van der Waals surface area (Å²) in [4.78, 5) is 0. The zero-order valence-electron chi connectivity index (χ0n) is 10.8. The number of nitrogens with one attached hydrogen (secondary N) is 1. The molecule has 0 fully saturated rings. The van der Waals surface area contributed by atoms with Crippen LogP contribution in [0.4, 0.5) is 0 Å². The van der Waals surface area contributed by atoms with E-state index in [1.165, 1.54) is 0 Å². The van der Waals surface area contributed by atoms with Crippen LogP contribution in [0.25, 0.3) is 10.6 Å². The number of benzene rings is 1. The quantitative estimate of drug-likeness (QED) is 0.841. The van der Waals surface area contributed by atoms with Crippen LogP contribution in [0.3, 0.4) is 0 Å². The lowest BCUT2D eigenvalue weighted by atomic mass is 10.2. The van der Waals surface area contributed by atoms with E-state index in [1.807, 2.05) is 18.2 Å². The Morgan fingerprint density at radius 1 is 1.37 bits per heavy atom. The van der Waals surface area contributed by atoms with Crippen molar-refractivity contribution in [2.45, 2.75) is 26.3 Å². The Hall–Kier alpha value is -0.490. The van der Waals surface area contributed by atoms with Crippen LogP contribution in [-0.2, 0) is 0 Å². The van der Waals surface area contributed by atoms with Crippen molar-refractivity contribution in [3.05, 3.63) is 32.7 Å². The van der Waals surface area contributed by atoms with Crippen LogP contribution in [0.2, 0.25) is 5.02 Å². The van der Waals surface area contributed by atoms with Crippen molar-refractivity contribution >= 4 is 38.9 Å². The monoisotopic (exact) mass is 359 g/mol. The lowest BCUT2D eigenvalue weighted by Crippen LogP contribution is -2.19. The SMILES string of the molecule is CCNC(CC)c1nnc(-c2cccc(Br)c2Cl)s1. The maximum Gasteiger partial charge on any atom is 0.149 e. The fourth-order valence-electron chi connectivity index (χ4n) is 1.81. The van der Waals surface area contributed by atoms with Crippen LogP contribution in [0, 0.1) is 0 Å². The molecular weight excluding hydrogens is 346 g/mol. The van der Waals surface area contributed by atoms with E-state index in [4.69, 9.17) is 11.6 Å². The Kier molecular flexibility index (Phi) is 5.33. The molecule has 0 aliphatic carbocycles. The van der Waals surface area contributed by atoms with Gasteiger partial charge >= 0.3 is 0 Å².